The molecule has 0 aliphatic carbocycles. The molecule has 0 aromatic rings. The maximum absolute atomic E-state index is 5.57. The molecule has 8 heavy (non-hydrogen) atoms. The quantitative estimate of drug-likeness (QED) is 0.440. The normalized spacial score (nSPS) is 30.6. The molecule has 46 valence electrons. The van der Waals surface area contributed by atoms with Crippen LogP contribution in [0.4, 0.5) is 0 Å². The van der Waals surface area contributed by atoms with E-state index in [1.54, 1.807) is 0 Å². The van der Waals surface area contributed by atoms with Crippen LogP contribution in [0.3, 0.4) is 0 Å². The molecule has 0 saturated carbocycles. The zero-order chi connectivity index (χ0) is 5.98. The highest BCUT2D eigenvalue weighted by Crippen LogP contribution is 2.07. The molecule has 1 saturated heterocycles. The Morgan fingerprint density at radius 3 is 2.88 bits per heavy atom. The Labute approximate surface area is 49.8 Å². The van der Waals surface area contributed by atoms with Gasteiger partial charge in [-0.2, -0.15) is 0 Å². The zero-order valence-corrected chi connectivity index (χ0v) is 4.98. The van der Waals surface area contributed by atoms with E-state index in [0.717, 1.165) is 18.5 Å². The standard InChI is InChI=1S/C6H12N2/c1-5-3-2-4-8-6(5)7/h6,8H,1-4,7H2. The van der Waals surface area contributed by atoms with Crippen LogP contribution in [0.25, 0.3) is 0 Å². The molecule has 2 nitrogen and oxygen atoms in total. The smallest absolute Gasteiger partial charge is 0.0766 e. The summed E-state index contributed by atoms with van der Waals surface area (Å²) in [6.45, 7) is 4.85. The lowest BCUT2D eigenvalue weighted by atomic mass is 10.1. The average Bonchev–Trinajstić information content (AvgIpc) is 1.77. The van der Waals surface area contributed by atoms with E-state index >= 15 is 0 Å². The van der Waals surface area contributed by atoms with E-state index in [0.29, 0.717) is 0 Å². The van der Waals surface area contributed by atoms with Crippen LogP contribution in [0.15, 0.2) is 12.2 Å². The zero-order valence-electron chi connectivity index (χ0n) is 4.98. The molecular weight excluding hydrogens is 100 g/mol. The van der Waals surface area contributed by atoms with Crippen molar-refractivity contribution in [3.63, 3.8) is 0 Å². The van der Waals surface area contributed by atoms with E-state index in [-0.39, 0.29) is 6.17 Å². The molecule has 1 heterocycles. The minimum Gasteiger partial charge on any atom is -0.312 e. The van der Waals surface area contributed by atoms with Crippen molar-refractivity contribution in [3.05, 3.63) is 12.2 Å². The molecule has 1 atom stereocenters. The van der Waals surface area contributed by atoms with Crippen LogP contribution in [0, 0.1) is 0 Å². The highest BCUT2D eigenvalue weighted by molar-refractivity contribution is 5.05. The van der Waals surface area contributed by atoms with Crippen LogP contribution in [-0.4, -0.2) is 12.7 Å². The molecule has 0 aromatic carbocycles. The first-order valence-corrected chi connectivity index (χ1v) is 2.97. The van der Waals surface area contributed by atoms with Crippen LogP contribution in [0.2, 0.25) is 0 Å². The molecule has 0 aromatic heterocycles. The second kappa shape index (κ2) is 2.29. The van der Waals surface area contributed by atoms with E-state index < -0.39 is 0 Å². The number of hydrogen-bond donors (Lipinski definition) is 2. The molecule has 0 spiro atoms. The Morgan fingerprint density at radius 2 is 2.50 bits per heavy atom. The van der Waals surface area contributed by atoms with Gasteiger partial charge in [0, 0.05) is 0 Å². The van der Waals surface area contributed by atoms with Gasteiger partial charge in [-0.25, -0.2) is 0 Å². The van der Waals surface area contributed by atoms with Crippen molar-refractivity contribution in [1.29, 1.82) is 0 Å². The summed E-state index contributed by atoms with van der Waals surface area (Å²) in [5.74, 6) is 0. The Kier molecular flexibility index (Phi) is 1.65. The molecular formula is C6H12N2. The lowest BCUT2D eigenvalue weighted by molar-refractivity contribution is 0.503. The second-order valence-corrected chi connectivity index (χ2v) is 2.19. The van der Waals surface area contributed by atoms with Crippen LogP contribution in [0.1, 0.15) is 12.8 Å². The molecule has 0 radical (unpaired) electrons. The summed E-state index contributed by atoms with van der Waals surface area (Å²) >= 11 is 0. The number of nitrogens with two attached hydrogens (primary N) is 1. The van der Waals surface area contributed by atoms with Gasteiger partial charge in [0.15, 0.2) is 0 Å². The van der Waals surface area contributed by atoms with Crippen LogP contribution in [-0.2, 0) is 0 Å². The van der Waals surface area contributed by atoms with Crippen LogP contribution < -0.4 is 11.1 Å². The van der Waals surface area contributed by atoms with Gasteiger partial charge in [-0.15, -0.1) is 0 Å². The van der Waals surface area contributed by atoms with Crippen molar-refractivity contribution in [2.75, 3.05) is 6.54 Å². The Bertz CT molecular complexity index is 98.7. The van der Waals surface area contributed by atoms with Gasteiger partial charge in [0.05, 0.1) is 6.17 Å². The fourth-order valence-electron chi connectivity index (χ4n) is 0.873. The first-order valence-electron chi connectivity index (χ1n) is 2.97. The Hall–Kier alpha value is -0.340. The van der Waals surface area contributed by atoms with Gasteiger partial charge in [-0.05, 0) is 25.0 Å². The number of hydrogen-bond acceptors (Lipinski definition) is 2. The lowest BCUT2D eigenvalue weighted by Crippen LogP contribution is -2.42. The minimum absolute atomic E-state index is 0.0590. The molecule has 0 amide bonds. The van der Waals surface area contributed by atoms with Crippen molar-refractivity contribution in [3.8, 4) is 0 Å². The van der Waals surface area contributed by atoms with E-state index in [1.807, 2.05) is 0 Å². The average molecular weight is 112 g/mol. The highest BCUT2D eigenvalue weighted by Gasteiger charge is 2.09. The summed E-state index contributed by atoms with van der Waals surface area (Å²) in [6, 6.07) is 0. The SMILES string of the molecule is C=C1CCCNC1N. The van der Waals surface area contributed by atoms with Crippen LogP contribution in [0.5, 0.6) is 0 Å². The molecule has 1 fully saturated rings. The summed E-state index contributed by atoms with van der Waals surface area (Å²) in [7, 11) is 0. The fraction of sp³-hybridized carbons (Fsp3) is 0.667. The first kappa shape index (κ1) is 5.79. The van der Waals surface area contributed by atoms with Gasteiger partial charge >= 0.3 is 0 Å². The Balaban J connectivity index is 2.39. The fourth-order valence-corrected chi connectivity index (χ4v) is 0.873. The molecule has 1 aliphatic heterocycles. The van der Waals surface area contributed by atoms with E-state index in [1.165, 1.54) is 6.42 Å². The van der Waals surface area contributed by atoms with Crippen molar-refractivity contribution in [2.45, 2.75) is 19.0 Å². The summed E-state index contributed by atoms with van der Waals surface area (Å²) in [6.07, 6.45) is 2.34. The van der Waals surface area contributed by atoms with E-state index in [4.69, 9.17) is 5.73 Å². The molecule has 0 bridgehead atoms. The third-order valence-electron chi connectivity index (χ3n) is 1.48. The maximum atomic E-state index is 5.57. The van der Waals surface area contributed by atoms with Gasteiger partial charge in [-0.3, -0.25) is 5.32 Å². The largest absolute Gasteiger partial charge is 0.312 e. The van der Waals surface area contributed by atoms with Gasteiger partial charge in [-0.1, -0.05) is 6.58 Å². The highest BCUT2D eigenvalue weighted by atomic mass is 15.0. The molecule has 2 heteroatoms. The maximum Gasteiger partial charge on any atom is 0.0766 e. The first-order chi connectivity index (χ1) is 3.80. The van der Waals surface area contributed by atoms with Crippen molar-refractivity contribution in [1.82, 2.24) is 5.32 Å². The van der Waals surface area contributed by atoms with Crippen molar-refractivity contribution < 1.29 is 0 Å². The van der Waals surface area contributed by atoms with E-state index in [2.05, 4.69) is 11.9 Å². The van der Waals surface area contributed by atoms with Gasteiger partial charge < -0.3 is 5.73 Å². The number of rotatable bonds is 0. The molecule has 1 unspecified atom stereocenters. The third-order valence-corrected chi connectivity index (χ3v) is 1.48. The summed E-state index contributed by atoms with van der Waals surface area (Å²) < 4.78 is 0. The monoisotopic (exact) mass is 112 g/mol. The number of piperidine rings is 1. The summed E-state index contributed by atoms with van der Waals surface area (Å²) in [4.78, 5) is 0. The lowest BCUT2D eigenvalue weighted by Gasteiger charge is -2.21. The third kappa shape index (κ3) is 1.08. The Morgan fingerprint density at radius 1 is 1.75 bits per heavy atom. The van der Waals surface area contributed by atoms with Crippen LogP contribution >= 0.6 is 0 Å². The van der Waals surface area contributed by atoms with Gasteiger partial charge in [0.1, 0.15) is 0 Å². The van der Waals surface area contributed by atoms with Crippen molar-refractivity contribution in [2.24, 2.45) is 5.73 Å². The number of nitrogens with one attached hydrogen (secondary N) is 1. The molecule has 3 N–H and O–H groups in total. The predicted octanol–water partition coefficient (Wildman–Crippen LogP) is 0.211. The van der Waals surface area contributed by atoms with Gasteiger partial charge in [0.25, 0.3) is 0 Å². The summed E-state index contributed by atoms with van der Waals surface area (Å²) in [5.41, 5.74) is 6.70. The minimum atomic E-state index is 0.0590. The van der Waals surface area contributed by atoms with E-state index in [9.17, 15) is 0 Å². The topological polar surface area (TPSA) is 38.0 Å². The van der Waals surface area contributed by atoms with Gasteiger partial charge in [0.2, 0.25) is 0 Å². The molecule has 1 aliphatic rings. The second-order valence-electron chi connectivity index (χ2n) is 2.19. The summed E-state index contributed by atoms with van der Waals surface area (Å²) in [5, 5.41) is 3.11. The molecule has 1 rings (SSSR count). The predicted molar refractivity (Wildman–Crippen MR) is 34.4 cm³/mol. The van der Waals surface area contributed by atoms with Crippen molar-refractivity contribution >= 4 is 0 Å².